The second-order valence-corrected chi connectivity index (χ2v) is 6.11. The van der Waals surface area contributed by atoms with Gasteiger partial charge in [-0.25, -0.2) is 0 Å². The first kappa shape index (κ1) is 20.4. The number of rotatable bonds is 8. The molecule has 2 aromatic rings. The summed E-state index contributed by atoms with van der Waals surface area (Å²) in [5.74, 6) is 1.56. The predicted octanol–water partition coefficient (Wildman–Crippen LogP) is 4.17. The lowest BCUT2D eigenvalue weighted by Gasteiger charge is -2.14. The molecule has 0 aromatic heterocycles. The van der Waals surface area contributed by atoms with Crippen molar-refractivity contribution >= 4 is 12.0 Å². The molecule has 0 aliphatic rings. The third kappa shape index (κ3) is 5.26. The minimum atomic E-state index is -0.182. The quantitative estimate of drug-likeness (QED) is 0.710. The molecule has 27 heavy (non-hydrogen) atoms. The highest BCUT2D eigenvalue weighted by Gasteiger charge is 2.11. The molecule has 0 fully saturated rings. The monoisotopic (exact) mass is 369 g/mol. The third-order valence-electron chi connectivity index (χ3n) is 4.40. The Hall–Kier alpha value is -2.95. The zero-order valence-corrected chi connectivity index (χ0v) is 16.5. The van der Waals surface area contributed by atoms with Gasteiger partial charge >= 0.3 is 0 Å². The van der Waals surface area contributed by atoms with Gasteiger partial charge in [-0.2, -0.15) is 0 Å². The van der Waals surface area contributed by atoms with E-state index >= 15 is 0 Å². The highest BCUT2D eigenvalue weighted by molar-refractivity contribution is 5.92. The topological polar surface area (TPSA) is 56.8 Å². The van der Waals surface area contributed by atoms with Gasteiger partial charge in [0.25, 0.3) is 0 Å². The first-order valence-electron chi connectivity index (χ1n) is 8.89. The summed E-state index contributed by atoms with van der Waals surface area (Å²) in [6, 6.07) is 11.7. The van der Waals surface area contributed by atoms with Gasteiger partial charge in [-0.15, -0.1) is 0 Å². The van der Waals surface area contributed by atoms with Crippen LogP contribution in [0.3, 0.4) is 0 Å². The van der Waals surface area contributed by atoms with Crippen molar-refractivity contribution in [3.8, 4) is 17.2 Å². The van der Waals surface area contributed by atoms with Crippen molar-refractivity contribution in [1.82, 2.24) is 5.32 Å². The molecule has 0 saturated carbocycles. The summed E-state index contributed by atoms with van der Waals surface area (Å²) >= 11 is 0. The molecular weight excluding hydrogens is 342 g/mol. The van der Waals surface area contributed by atoms with Crippen LogP contribution in [0.1, 0.15) is 36.6 Å². The molecule has 1 N–H and O–H groups in total. The van der Waals surface area contributed by atoms with E-state index in [0.29, 0.717) is 17.2 Å². The highest BCUT2D eigenvalue weighted by Crippen LogP contribution is 2.35. The lowest BCUT2D eigenvalue weighted by Crippen LogP contribution is -2.24. The van der Waals surface area contributed by atoms with Crippen molar-refractivity contribution in [3.63, 3.8) is 0 Å². The summed E-state index contributed by atoms with van der Waals surface area (Å²) in [5, 5.41) is 2.97. The maximum atomic E-state index is 12.3. The van der Waals surface area contributed by atoms with Crippen LogP contribution in [0, 0.1) is 0 Å². The smallest absolute Gasteiger partial charge is 0.244 e. The Morgan fingerprint density at radius 3 is 2.15 bits per heavy atom. The Bertz CT molecular complexity index is 797. The van der Waals surface area contributed by atoms with Gasteiger partial charge in [0.1, 0.15) is 5.75 Å². The van der Waals surface area contributed by atoms with Gasteiger partial charge in [0.15, 0.2) is 11.5 Å². The number of carbonyl (C=O) groups excluding carboxylic acids is 1. The molecule has 1 amide bonds. The summed E-state index contributed by atoms with van der Waals surface area (Å²) in [6.07, 6.45) is 4.18. The minimum Gasteiger partial charge on any atom is -0.496 e. The summed E-state index contributed by atoms with van der Waals surface area (Å²) in [4.78, 5) is 12.3. The number of ether oxygens (including phenoxy) is 3. The van der Waals surface area contributed by atoms with Crippen molar-refractivity contribution in [3.05, 3.63) is 59.2 Å². The lowest BCUT2D eigenvalue weighted by molar-refractivity contribution is -0.117. The largest absolute Gasteiger partial charge is 0.496 e. The van der Waals surface area contributed by atoms with Crippen molar-refractivity contribution < 1.29 is 19.0 Å². The van der Waals surface area contributed by atoms with Crippen LogP contribution in [0.15, 0.2) is 42.5 Å². The van der Waals surface area contributed by atoms with E-state index in [9.17, 15) is 4.79 Å². The minimum absolute atomic E-state index is 0.0830. The van der Waals surface area contributed by atoms with E-state index in [-0.39, 0.29) is 11.9 Å². The normalized spacial score (nSPS) is 11.9. The molecule has 5 nitrogen and oxygen atoms in total. The van der Waals surface area contributed by atoms with Crippen molar-refractivity contribution in [2.45, 2.75) is 26.3 Å². The first-order chi connectivity index (χ1) is 13.0. The highest BCUT2D eigenvalue weighted by atomic mass is 16.5. The Morgan fingerprint density at radius 1 is 1.00 bits per heavy atom. The number of aryl methyl sites for hydroxylation is 1. The molecule has 2 rings (SSSR count). The van der Waals surface area contributed by atoms with Crippen LogP contribution >= 0.6 is 0 Å². The Kier molecular flexibility index (Phi) is 7.29. The summed E-state index contributed by atoms with van der Waals surface area (Å²) in [7, 11) is 4.70. The van der Waals surface area contributed by atoms with Crippen LogP contribution < -0.4 is 19.5 Å². The van der Waals surface area contributed by atoms with Crippen LogP contribution in [0.25, 0.3) is 6.08 Å². The molecule has 2 aromatic carbocycles. The van der Waals surface area contributed by atoms with E-state index in [1.165, 1.54) is 11.6 Å². The fraction of sp³-hybridized carbons (Fsp3) is 0.318. The molecule has 0 saturated heterocycles. The van der Waals surface area contributed by atoms with E-state index < -0.39 is 0 Å². The molecule has 0 radical (unpaired) electrons. The fourth-order valence-corrected chi connectivity index (χ4v) is 2.74. The van der Waals surface area contributed by atoms with E-state index in [2.05, 4.69) is 24.4 Å². The lowest BCUT2D eigenvalue weighted by atomic mass is 10.0. The van der Waals surface area contributed by atoms with Gasteiger partial charge in [-0.05, 0) is 36.6 Å². The second kappa shape index (κ2) is 9.67. The number of benzene rings is 2. The molecule has 0 heterocycles. The van der Waals surface area contributed by atoms with Gasteiger partial charge in [0.05, 0.1) is 27.4 Å². The summed E-state index contributed by atoms with van der Waals surface area (Å²) in [6.45, 7) is 4.08. The van der Waals surface area contributed by atoms with Gasteiger partial charge in [-0.3, -0.25) is 4.79 Å². The zero-order chi connectivity index (χ0) is 19.8. The van der Waals surface area contributed by atoms with Gasteiger partial charge in [0, 0.05) is 17.7 Å². The second-order valence-electron chi connectivity index (χ2n) is 6.11. The number of hydrogen-bond acceptors (Lipinski definition) is 4. The number of nitrogens with one attached hydrogen (secondary N) is 1. The standard InChI is InChI=1S/C22H27NO4/c1-6-16-7-9-17(10-8-16)15(2)23-22(24)12-11-18-13-20(26-4)21(27-5)14-19(18)25-3/h7-15H,6H2,1-5H3,(H,23,24)/b12-11+. The van der Waals surface area contributed by atoms with Crippen molar-refractivity contribution in [2.24, 2.45) is 0 Å². The average molecular weight is 369 g/mol. The molecule has 144 valence electrons. The predicted molar refractivity (Wildman–Crippen MR) is 108 cm³/mol. The van der Waals surface area contributed by atoms with E-state index in [4.69, 9.17) is 14.2 Å². The van der Waals surface area contributed by atoms with Crippen molar-refractivity contribution in [2.75, 3.05) is 21.3 Å². The van der Waals surface area contributed by atoms with E-state index in [1.807, 2.05) is 19.1 Å². The summed E-state index contributed by atoms with van der Waals surface area (Å²) < 4.78 is 16.0. The first-order valence-corrected chi connectivity index (χ1v) is 8.89. The molecule has 0 aliphatic carbocycles. The number of hydrogen-bond donors (Lipinski definition) is 1. The van der Waals surface area contributed by atoms with E-state index in [1.54, 1.807) is 39.5 Å². The fourth-order valence-electron chi connectivity index (χ4n) is 2.74. The van der Waals surface area contributed by atoms with Gasteiger partial charge in [0.2, 0.25) is 5.91 Å². The molecular formula is C22H27NO4. The number of carbonyl (C=O) groups is 1. The van der Waals surface area contributed by atoms with Crippen LogP contribution in [0.5, 0.6) is 17.2 Å². The molecule has 0 spiro atoms. The number of methoxy groups -OCH3 is 3. The summed E-state index contributed by atoms with van der Waals surface area (Å²) in [5.41, 5.74) is 3.07. The van der Waals surface area contributed by atoms with Gasteiger partial charge < -0.3 is 19.5 Å². The van der Waals surface area contributed by atoms with E-state index in [0.717, 1.165) is 17.5 Å². The van der Waals surface area contributed by atoms with Crippen LogP contribution in [0.2, 0.25) is 0 Å². The van der Waals surface area contributed by atoms with Crippen LogP contribution in [-0.4, -0.2) is 27.2 Å². The average Bonchev–Trinajstić information content (AvgIpc) is 2.71. The van der Waals surface area contributed by atoms with Gasteiger partial charge in [-0.1, -0.05) is 31.2 Å². The molecule has 0 aliphatic heterocycles. The molecule has 0 bridgehead atoms. The maximum Gasteiger partial charge on any atom is 0.244 e. The SMILES string of the molecule is CCc1ccc(C(C)NC(=O)/C=C/c2cc(OC)c(OC)cc2OC)cc1. The van der Waals surface area contributed by atoms with Crippen LogP contribution in [-0.2, 0) is 11.2 Å². The third-order valence-corrected chi connectivity index (χ3v) is 4.40. The molecule has 1 unspecified atom stereocenters. The Morgan fingerprint density at radius 2 is 1.59 bits per heavy atom. The zero-order valence-electron chi connectivity index (χ0n) is 16.5. The molecule has 1 atom stereocenters. The Balaban J connectivity index is 2.11. The number of amides is 1. The molecule has 5 heteroatoms. The van der Waals surface area contributed by atoms with Crippen molar-refractivity contribution in [1.29, 1.82) is 0 Å². The Labute approximate surface area is 161 Å². The van der Waals surface area contributed by atoms with Crippen LogP contribution in [0.4, 0.5) is 0 Å². The maximum absolute atomic E-state index is 12.3.